The summed E-state index contributed by atoms with van der Waals surface area (Å²) in [5.41, 5.74) is 1.21. The quantitative estimate of drug-likeness (QED) is 0.775. The first kappa shape index (κ1) is 14.2. The van der Waals surface area contributed by atoms with Gasteiger partial charge in [0.2, 0.25) is 0 Å². The second kappa shape index (κ2) is 5.65. The molecule has 0 atom stereocenters. The van der Waals surface area contributed by atoms with Gasteiger partial charge in [-0.25, -0.2) is 4.68 Å². The highest BCUT2D eigenvalue weighted by Crippen LogP contribution is 2.19. The fourth-order valence-corrected chi connectivity index (χ4v) is 1.58. The number of halogens is 1. The maximum absolute atomic E-state index is 11.9. The standard InChI is InChI=1S/C12H19ClN2O2/c1-12(2,3)10-7-9(8-13)11(16)15(14-10)5-6-17-4/h7H,5-6,8H2,1-4H3. The highest BCUT2D eigenvalue weighted by molar-refractivity contribution is 6.17. The van der Waals surface area contributed by atoms with Gasteiger partial charge >= 0.3 is 0 Å². The summed E-state index contributed by atoms with van der Waals surface area (Å²) in [5, 5.41) is 4.36. The molecule has 1 aromatic heterocycles. The van der Waals surface area contributed by atoms with Gasteiger partial charge in [0.1, 0.15) is 0 Å². The number of methoxy groups -OCH3 is 1. The summed E-state index contributed by atoms with van der Waals surface area (Å²) in [4.78, 5) is 11.9. The van der Waals surface area contributed by atoms with Crippen LogP contribution in [0.1, 0.15) is 32.0 Å². The van der Waals surface area contributed by atoms with Gasteiger partial charge in [-0.1, -0.05) is 20.8 Å². The van der Waals surface area contributed by atoms with Crippen LogP contribution in [0.25, 0.3) is 0 Å². The Kier molecular flexibility index (Phi) is 4.71. The second-order valence-electron chi connectivity index (χ2n) is 4.96. The maximum Gasteiger partial charge on any atom is 0.271 e. The summed E-state index contributed by atoms with van der Waals surface area (Å²) in [7, 11) is 1.60. The van der Waals surface area contributed by atoms with E-state index in [2.05, 4.69) is 25.9 Å². The van der Waals surface area contributed by atoms with Crippen molar-refractivity contribution in [3.05, 3.63) is 27.7 Å². The van der Waals surface area contributed by atoms with Gasteiger partial charge in [0.25, 0.3) is 5.56 Å². The van der Waals surface area contributed by atoms with Gasteiger partial charge in [0, 0.05) is 18.1 Å². The van der Waals surface area contributed by atoms with Gasteiger partial charge in [-0.3, -0.25) is 4.79 Å². The van der Waals surface area contributed by atoms with E-state index in [1.54, 1.807) is 13.2 Å². The Hall–Kier alpha value is -0.870. The number of hydrogen-bond donors (Lipinski definition) is 0. The molecule has 17 heavy (non-hydrogen) atoms. The number of ether oxygens (including phenoxy) is 1. The van der Waals surface area contributed by atoms with Crippen molar-refractivity contribution in [2.75, 3.05) is 13.7 Å². The van der Waals surface area contributed by atoms with Gasteiger partial charge in [0.05, 0.1) is 24.7 Å². The first-order valence-corrected chi connectivity index (χ1v) is 6.10. The third kappa shape index (κ3) is 3.54. The lowest BCUT2D eigenvalue weighted by Crippen LogP contribution is -2.31. The Morgan fingerprint density at radius 3 is 2.59 bits per heavy atom. The van der Waals surface area contributed by atoms with Crippen molar-refractivity contribution in [1.29, 1.82) is 0 Å². The number of alkyl halides is 1. The number of nitrogens with zero attached hydrogens (tertiary/aromatic N) is 2. The first-order chi connectivity index (χ1) is 7.90. The van der Waals surface area contributed by atoms with Gasteiger partial charge in [-0.2, -0.15) is 5.10 Å². The Bertz CT molecular complexity index is 435. The minimum absolute atomic E-state index is 0.108. The first-order valence-electron chi connectivity index (χ1n) is 5.56. The zero-order valence-electron chi connectivity index (χ0n) is 10.8. The molecule has 0 aliphatic rings. The lowest BCUT2D eigenvalue weighted by Gasteiger charge is -2.19. The van der Waals surface area contributed by atoms with Crippen molar-refractivity contribution in [3.8, 4) is 0 Å². The summed E-state index contributed by atoms with van der Waals surface area (Å²) in [6.45, 7) is 7.07. The third-order valence-electron chi connectivity index (χ3n) is 2.47. The minimum Gasteiger partial charge on any atom is -0.383 e. The lowest BCUT2D eigenvalue weighted by molar-refractivity contribution is 0.181. The molecule has 1 aromatic rings. The normalized spacial score (nSPS) is 11.8. The fraction of sp³-hybridized carbons (Fsp3) is 0.667. The molecule has 0 aromatic carbocycles. The largest absolute Gasteiger partial charge is 0.383 e. The maximum atomic E-state index is 11.9. The fourth-order valence-electron chi connectivity index (χ4n) is 1.39. The van der Waals surface area contributed by atoms with Crippen molar-refractivity contribution in [2.24, 2.45) is 0 Å². The molecule has 5 heteroatoms. The van der Waals surface area contributed by atoms with Crippen LogP contribution in [0, 0.1) is 0 Å². The van der Waals surface area contributed by atoms with E-state index in [1.165, 1.54) is 4.68 Å². The van der Waals surface area contributed by atoms with E-state index in [0.29, 0.717) is 18.7 Å². The van der Waals surface area contributed by atoms with Crippen LogP contribution >= 0.6 is 11.6 Å². The number of hydrogen-bond acceptors (Lipinski definition) is 3. The van der Waals surface area contributed by atoms with Crippen molar-refractivity contribution in [1.82, 2.24) is 9.78 Å². The predicted octanol–water partition coefficient (Wildman–Crippen LogP) is 1.93. The van der Waals surface area contributed by atoms with Gasteiger partial charge in [0.15, 0.2) is 0 Å². The Morgan fingerprint density at radius 2 is 2.12 bits per heavy atom. The molecule has 0 aliphatic heterocycles. The average Bonchev–Trinajstić information content (AvgIpc) is 2.26. The molecule has 0 N–H and O–H groups in total. The van der Waals surface area contributed by atoms with E-state index >= 15 is 0 Å². The molecule has 1 heterocycles. The second-order valence-corrected chi connectivity index (χ2v) is 5.23. The van der Waals surface area contributed by atoms with Crippen LogP contribution in [0.5, 0.6) is 0 Å². The third-order valence-corrected chi connectivity index (χ3v) is 2.76. The molecule has 0 spiro atoms. The van der Waals surface area contributed by atoms with Crippen molar-refractivity contribution < 1.29 is 4.74 Å². The van der Waals surface area contributed by atoms with E-state index in [0.717, 1.165) is 5.69 Å². The molecular weight excluding hydrogens is 240 g/mol. The van der Waals surface area contributed by atoms with E-state index in [-0.39, 0.29) is 16.9 Å². The zero-order valence-corrected chi connectivity index (χ0v) is 11.5. The summed E-state index contributed by atoms with van der Waals surface area (Å²) in [6, 6.07) is 1.79. The number of rotatable bonds is 4. The van der Waals surface area contributed by atoms with Crippen LogP contribution in [-0.2, 0) is 22.6 Å². The Labute approximate surface area is 107 Å². The highest BCUT2D eigenvalue weighted by atomic mass is 35.5. The van der Waals surface area contributed by atoms with Gasteiger partial charge in [-0.05, 0) is 6.07 Å². The van der Waals surface area contributed by atoms with Crippen molar-refractivity contribution in [2.45, 2.75) is 38.6 Å². The Morgan fingerprint density at radius 1 is 1.47 bits per heavy atom. The van der Waals surface area contributed by atoms with Gasteiger partial charge < -0.3 is 4.74 Å². The van der Waals surface area contributed by atoms with E-state index in [1.807, 2.05) is 0 Å². The van der Waals surface area contributed by atoms with Crippen LogP contribution in [0.15, 0.2) is 10.9 Å². The van der Waals surface area contributed by atoms with Crippen LogP contribution < -0.4 is 5.56 Å². The van der Waals surface area contributed by atoms with Gasteiger partial charge in [-0.15, -0.1) is 11.6 Å². The van der Waals surface area contributed by atoms with E-state index in [4.69, 9.17) is 16.3 Å². The molecule has 0 saturated heterocycles. The molecule has 0 amide bonds. The highest BCUT2D eigenvalue weighted by Gasteiger charge is 2.18. The van der Waals surface area contributed by atoms with Crippen LogP contribution in [-0.4, -0.2) is 23.5 Å². The van der Waals surface area contributed by atoms with Crippen molar-refractivity contribution in [3.63, 3.8) is 0 Å². The van der Waals surface area contributed by atoms with Crippen LogP contribution in [0.2, 0.25) is 0 Å². The molecule has 96 valence electrons. The molecule has 0 radical (unpaired) electrons. The van der Waals surface area contributed by atoms with Crippen LogP contribution in [0.4, 0.5) is 0 Å². The predicted molar refractivity (Wildman–Crippen MR) is 68.6 cm³/mol. The molecule has 0 saturated carbocycles. The Balaban J connectivity index is 3.24. The topological polar surface area (TPSA) is 44.1 Å². The van der Waals surface area contributed by atoms with Crippen LogP contribution in [0.3, 0.4) is 0 Å². The molecule has 4 nitrogen and oxygen atoms in total. The summed E-state index contributed by atoms with van der Waals surface area (Å²) < 4.78 is 6.40. The summed E-state index contributed by atoms with van der Waals surface area (Å²) >= 11 is 5.79. The lowest BCUT2D eigenvalue weighted by atomic mass is 9.91. The summed E-state index contributed by atoms with van der Waals surface area (Å²) in [6.07, 6.45) is 0. The molecular formula is C12H19ClN2O2. The molecule has 0 aliphatic carbocycles. The monoisotopic (exact) mass is 258 g/mol. The molecule has 0 bridgehead atoms. The van der Waals surface area contributed by atoms with E-state index in [9.17, 15) is 4.79 Å². The zero-order chi connectivity index (χ0) is 13.1. The number of aromatic nitrogens is 2. The summed E-state index contributed by atoms with van der Waals surface area (Å²) in [5.74, 6) is 0.206. The molecule has 1 rings (SSSR count). The average molecular weight is 259 g/mol. The van der Waals surface area contributed by atoms with Crippen molar-refractivity contribution >= 4 is 11.6 Å². The van der Waals surface area contributed by atoms with E-state index < -0.39 is 0 Å². The molecule has 0 unspecified atom stereocenters. The minimum atomic E-state index is -0.134. The smallest absolute Gasteiger partial charge is 0.271 e. The SMILES string of the molecule is COCCn1nc(C(C)(C)C)cc(CCl)c1=O. The molecule has 0 fully saturated rings.